The van der Waals surface area contributed by atoms with Gasteiger partial charge < -0.3 is 10.8 Å². The van der Waals surface area contributed by atoms with E-state index in [9.17, 15) is 0 Å². The molecule has 2 aromatic rings. The van der Waals surface area contributed by atoms with Crippen LogP contribution in [0.5, 0.6) is 0 Å². The minimum absolute atomic E-state index is 0.640. The topological polar surface area (TPSA) is 82.9 Å². The minimum Gasteiger partial charge on any atom is -0.443 e. The Kier molecular flexibility index (Phi) is 3.06. The summed E-state index contributed by atoms with van der Waals surface area (Å²) in [5.74, 6) is 0. The van der Waals surface area contributed by atoms with Crippen molar-refractivity contribution in [2.24, 2.45) is 0 Å². The lowest BCUT2D eigenvalue weighted by atomic mass is 10.3. The Morgan fingerprint density at radius 2 is 2.08 bits per heavy atom. The van der Waals surface area contributed by atoms with Gasteiger partial charge in [-0.15, -0.1) is 0 Å². The molecule has 0 atom stereocenters. The first-order valence-corrected chi connectivity index (χ1v) is 4.24. The maximum absolute atomic E-state index is 6.88. The number of aliphatic hydroxyl groups is 1. The van der Waals surface area contributed by atoms with E-state index < -0.39 is 0 Å². The molecule has 1 aromatic carbocycles. The van der Waals surface area contributed by atoms with E-state index in [1.165, 1.54) is 11.3 Å². The van der Waals surface area contributed by atoms with Crippen molar-refractivity contribution in [1.29, 1.82) is 5.26 Å². The van der Waals surface area contributed by atoms with E-state index in [-0.39, 0.29) is 0 Å². The third-order valence-corrected chi connectivity index (χ3v) is 2.18. The second-order valence-corrected chi connectivity index (χ2v) is 3.18. The van der Waals surface area contributed by atoms with Crippen LogP contribution in [0.3, 0.4) is 0 Å². The molecule has 0 radical (unpaired) electrons. The minimum atomic E-state index is 0.640. The number of nitrogens with zero attached hydrogens (tertiary/aromatic N) is 2. The van der Waals surface area contributed by atoms with Crippen LogP contribution in [0, 0.1) is 11.5 Å². The number of benzene rings is 1. The monoisotopic (exact) mass is 193 g/mol. The molecule has 0 aliphatic rings. The van der Waals surface area contributed by atoms with Crippen molar-refractivity contribution < 1.29 is 5.11 Å². The smallest absolute Gasteiger partial charge is 0.283 e. The van der Waals surface area contributed by atoms with Crippen molar-refractivity contribution in [2.75, 3.05) is 5.73 Å². The van der Waals surface area contributed by atoms with Crippen molar-refractivity contribution in [3.05, 3.63) is 24.3 Å². The van der Waals surface area contributed by atoms with Gasteiger partial charge in [-0.25, -0.2) is 4.98 Å². The van der Waals surface area contributed by atoms with Gasteiger partial charge in [0.15, 0.2) is 5.13 Å². The third-order valence-electron chi connectivity index (χ3n) is 1.31. The number of aromatic nitrogens is 1. The average Bonchev–Trinajstić information content (AvgIpc) is 2.45. The molecule has 66 valence electrons. The number of hydrogen-bond donors (Lipinski definition) is 2. The van der Waals surface area contributed by atoms with Crippen molar-refractivity contribution in [3.63, 3.8) is 0 Å². The predicted molar refractivity (Wildman–Crippen MR) is 51.6 cm³/mol. The summed E-state index contributed by atoms with van der Waals surface area (Å²) in [6.45, 7) is 0. The lowest BCUT2D eigenvalue weighted by Gasteiger charge is -1.80. The van der Waals surface area contributed by atoms with Gasteiger partial charge >= 0.3 is 0 Å². The highest BCUT2D eigenvalue weighted by Gasteiger charge is 1.96. The van der Waals surface area contributed by atoms with Crippen LogP contribution < -0.4 is 5.73 Å². The molecule has 0 saturated heterocycles. The number of thiazole rings is 1. The van der Waals surface area contributed by atoms with Crippen molar-refractivity contribution >= 4 is 26.7 Å². The van der Waals surface area contributed by atoms with E-state index in [1.54, 1.807) is 0 Å². The lowest BCUT2D eigenvalue weighted by molar-refractivity contribution is 0.503. The molecule has 4 nitrogen and oxygen atoms in total. The number of hydrogen-bond acceptors (Lipinski definition) is 5. The van der Waals surface area contributed by atoms with Crippen LogP contribution in [0.2, 0.25) is 0 Å². The Balaban J connectivity index is 0.000000251. The highest BCUT2D eigenvalue weighted by molar-refractivity contribution is 7.22. The molecule has 5 heteroatoms. The molecule has 0 aliphatic heterocycles. The number of nitriles is 1. The van der Waals surface area contributed by atoms with Crippen LogP contribution >= 0.6 is 11.3 Å². The van der Waals surface area contributed by atoms with Gasteiger partial charge in [0, 0.05) is 0 Å². The number of fused-ring (bicyclic) bond motifs is 1. The first kappa shape index (κ1) is 9.29. The maximum Gasteiger partial charge on any atom is 0.283 e. The number of para-hydroxylation sites is 1. The molecule has 0 saturated carbocycles. The molecule has 1 heterocycles. The average molecular weight is 193 g/mol. The molecule has 0 aliphatic carbocycles. The Bertz CT molecular complexity index is 399. The quantitative estimate of drug-likeness (QED) is 0.624. The Morgan fingerprint density at radius 1 is 1.46 bits per heavy atom. The van der Waals surface area contributed by atoms with E-state index in [0.717, 1.165) is 16.5 Å². The SMILES string of the molecule is N#CO.Nc1nc2ccccc2s1. The third kappa shape index (κ3) is 2.32. The van der Waals surface area contributed by atoms with Gasteiger partial charge in [-0.1, -0.05) is 23.5 Å². The summed E-state index contributed by atoms with van der Waals surface area (Å²) in [4.78, 5) is 4.11. The summed E-state index contributed by atoms with van der Waals surface area (Å²) < 4.78 is 1.15. The van der Waals surface area contributed by atoms with Crippen molar-refractivity contribution in [3.8, 4) is 6.26 Å². The molecule has 0 spiro atoms. The van der Waals surface area contributed by atoms with Crippen LogP contribution in [0.25, 0.3) is 10.2 Å². The molecule has 3 N–H and O–H groups in total. The molecule has 13 heavy (non-hydrogen) atoms. The zero-order valence-electron chi connectivity index (χ0n) is 6.64. The van der Waals surface area contributed by atoms with Gasteiger partial charge in [0.1, 0.15) is 0 Å². The molecule has 1 aromatic heterocycles. The zero-order chi connectivity index (χ0) is 9.68. The lowest BCUT2D eigenvalue weighted by Crippen LogP contribution is -1.78. The zero-order valence-corrected chi connectivity index (χ0v) is 7.45. The molecule has 0 amide bonds. The summed E-state index contributed by atoms with van der Waals surface area (Å²) in [7, 11) is 0. The summed E-state index contributed by atoms with van der Waals surface area (Å²) in [5.41, 5.74) is 6.49. The van der Waals surface area contributed by atoms with Gasteiger partial charge in [0.25, 0.3) is 6.26 Å². The van der Waals surface area contributed by atoms with E-state index in [1.807, 2.05) is 24.3 Å². The predicted octanol–water partition coefficient (Wildman–Crippen LogP) is 1.72. The van der Waals surface area contributed by atoms with Gasteiger partial charge in [-0.2, -0.15) is 5.26 Å². The van der Waals surface area contributed by atoms with Crippen LogP contribution in [0.4, 0.5) is 5.13 Å². The van der Waals surface area contributed by atoms with Crippen LogP contribution in [-0.4, -0.2) is 10.1 Å². The largest absolute Gasteiger partial charge is 0.443 e. The van der Waals surface area contributed by atoms with Crippen molar-refractivity contribution in [2.45, 2.75) is 0 Å². The van der Waals surface area contributed by atoms with Gasteiger partial charge in [-0.05, 0) is 12.1 Å². The summed E-state index contributed by atoms with van der Waals surface area (Å²) >= 11 is 1.52. The molecule has 0 bridgehead atoms. The molecule has 2 rings (SSSR count). The fourth-order valence-corrected chi connectivity index (χ4v) is 1.62. The second kappa shape index (κ2) is 4.28. The van der Waals surface area contributed by atoms with Crippen LogP contribution in [-0.2, 0) is 0 Å². The second-order valence-electron chi connectivity index (χ2n) is 2.12. The maximum atomic E-state index is 6.88. The number of rotatable bonds is 0. The fourth-order valence-electron chi connectivity index (χ4n) is 0.890. The number of anilines is 1. The van der Waals surface area contributed by atoms with Gasteiger partial charge in [0.05, 0.1) is 10.2 Å². The first-order valence-electron chi connectivity index (χ1n) is 3.42. The number of aliphatic hydroxyl groups excluding tert-OH is 1. The normalized spacial score (nSPS) is 8.54. The van der Waals surface area contributed by atoms with Gasteiger partial charge in [0.2, 0.25) is 0 Å². The van der Waals surface area contributed by atoms with Crippen LogP contribution in [0.1, 0.15) is 0 Å². The summed E-state index contributed by atoms with van der Waals surface area (Å²) in [6, 6.07) is 7.92. The van der Waals surface area contributed by atoms with Crippen LogP contribution in [0.15, 0.2) is 24.3 Å². The summed E-state index contributed by atoms with van der Waals surface area (Å²) in [6.07, 6.45) is 0.750. The Labute approximate surface area is 78.9 Å². The molecule has 0 unspecified atom stereocenters. The summed E-state index contributed by atoms with van der Waals surface area (Å²) in [5, 5.41) is 14.4. The van der Waals surface area contributed by atoms with E-state index in [2.05, 4.69) is 4.98 Å². The standard InChI is InChI=1S/C7H6N2S.CHNO/c8-7-9-5-3-1-2-4-6(5)10-7;2-1-3/h1-4H,(H2,8,9);3H. The fraction of sp³-hybridized carbons (Fsp3) is 0. The highest BCUT2D eigenvalue weighted by Crippen LogP contribution is 2.22. The van der Waals surface area contributed by atoms with E-state index in [4.69, 9.17) is 16.1 Å². The first-order chi connectivity index (χ1) is 6.27. The molecule has 0 fully saturated rings. The van der Waals surface area contributed by atoms with Crippen molar-refractivity contribution in [1.82, 2.24) is 4.98 Å². The Morgan fingerprint density at radius 3 is 2.69 bits per heavy atom. The number of nitrogen functional groups attached to an aromatic ring is 1. The highest BCUT2D eigenvalue weighted by atomic mass is 32.1. The molecular formula is C8H7N3OS. The van der Waals surface area contributed by atoms with E-state index >= 15 is 0 Å². The van der Waals surface area contributed by atoms with E-state index in [0.29, 0.717) is 5.13 Å². The number of nitrogens with two attached hydrogens (primary N) is 1. The van der Waals surface area contributed by atoms with Gasteiger partial charge in [-0.3, -0.25) is 0 Å². The molecular weight excluding hydrogens is 186 g/mol. The Hall–Kier alpha value is -1.80.